The van der Waals surface area contributed by atoms with Crippen molar-refractivity contribution < 1.29 is 5.11 Å². The summed E-state index contributed by atoms with van der Waals surface area (Å²) in [6, 6.07) is 2.13. The number of hydrogen-bond acceptors (Lipinski definition) is 3. The van der Waals surface area contributed by atoms with Gasteiger partial charge in [-0.3, -0.25) is 0 Å². The van der Waals surface area contributed by atoms with E-state index in [4.69, 9.17) is 0 Å². The average Bonchev–Trinajstić information content (AvgIpc) is 2.59. The van der Waals surface area contributed by atoms with Gasteiger partial charge >= 0.3 is 0 Å². The van der Waals surface area contributed by atoms with E-state index in [2.05, 4.69) is 39.2 Å². The van der Waals surface area contributed by atoms with Crippen molar-refractivity contribution in [2.45, 2.75) is 38.2 Å². The summed E-state index contributed by atoms with van der Waals surface area (Å²) in [5, 5.41) is 12.8. The first-order chi connectivity index (χ1) is 8.11. The second kappa shape index (κ2) is 5.83. The molecule has 2 heterocycles. The number of likely N-dealkylation sites (tertiary alicyclic amines) is 1. The molecule has 1 atom stereocenters. The Hall–Kier alpha value is 0.1000. The highest BCUT2D eigenvalue weighted by Crippen LogP contribution is 2.30. The van der Waals surface area contributed by atoms with Gasteiger partial charge in [-0.25, -0.2) is 0 Å². The summed E-state index contributed by atoms with van der Waals surface area (Å²) in [5.41, 5.74) is -0.492. The third-order valence-corrected chi connectivity index (χ3v) is 5.28. The maximum absolute atomic E-state index is 10.7. The normalized spacial score (nSPS) is 27.0. The topological polar surface area (TPSA) is 23.5 Å². The van der Waals surface area contributed by atoms with Crippen LogP contribution in [0.5, 0.6) is 0 Å². The summed E-state index contributed by atoms with van der Waals surface area (Å²) in [5.74, 6) is 0. The van der Waals surface area contributed by atoms with Crippen LogP contribution in [0.15, 0.2) is 15.9 Å². The minimum Gasteiger partial charge on any atom is -0.389 e. The average molecular weight is 318 g/mol. The van der Waals surface area contributed by atoms with E-state index in [1.165, 1.54) is 4.88 Å². The van der Waals surface area contributed by atoms with Gasteiger partial charge in [0.1, 0.15) is 0 Å². The molecule has 4 heteroatoms. The lowest BCUT2D eigenvalue weighted by molar-refractivity contribution is 0.0266. The number of nitrogens with zero attached hydrogens (tertiary/aromatic N) is 1. The molecule has 0 saturated carbocycles. The first-order valence-electron chi connectivity index (χ1n) is 6.29. The van der Waals surface area contributed by atoms with Gasteiger partial charge in [0.2, 0.25) is 0 Å². The summed E-state index contributed by atoms with van der Waals surface area (Å²) >= 11 is 5.21. The summed E-state index contributed by atoms with van der Waals surface area (Å²) in [6.45, 7) is 5.45. The van der Waals surface area contributed by atoms with Crippen molar-refractivity contribution in [2.75, 3.05) is 19.6 Å². The minimum absolute atomic E-state index is 0.492. The second-order valence-corrected chi connectivity index (χ2v) is 6.83. The van der Waals surface area contributed by atoms with Crippen LogP contribution >= 0.6 is 27.3 Å². The van der Waals surface area contributed by atoms with E-state index in [1.54, 1.807) is 11.3 Å². The van der Waals surface area contributed by atoms with E-state index < -0.39 is 5.60 Å². The molecule has 2 rings (SSSR count). The molecule has 1 aliphatic heterocycles. The number of thiophene rings is 1. The maximum atomic E-state index is 10.7. The van der Waals surface area contributed by atoms with Crippen LogP contribution < -0.4 is 0 Å². The van der Waals surface area contributed by atoms with Crippen molar-refractivity contribution in [3.63, 3.8) is 0 Å². The first kappa shape index (κ1) is 13.5. The Kier molecular flexibility index (Phi) is 4.64. The Morgan fingerprint density at radius 1 is 1.47 bits per heavy atom. The van der Waals surface area contributed by atoms with Crippen LogP contribution in [0.3, 0.4) is 0 Å². The molecule has 1 aromatic rings. The number of aliphatic hydroxyl groups is 1. The largest absolute Gasteiger partial charge is 0.389 e. The summed E-state index contributed by atoms with van der Waals surface area (Å²) in [6.07, 6.45) is 3.74. The van der Waals surface area contributed by atoms with Crippen LogP contribution in [0, 0.1) is 0 Å². The Morgan fingerprint density at radius 2 is 2.29 bits per heavy atom. The molecule has 1 saturated heterocycles. The second-order valence-electron chi connectivity index (χ2n) is 4.92. The Bertz CT molecular complexity index is 368. The van der Waals surface area contributed by atoms with Gasteiger partial charge in [0, 0.05) is 27.7 Å². The summed E-state index contributed by atoms with van der Waals surface area (Å²) in [4.78, 5) is 3.71. The molecule has 2 nitrogen and oxygen atoms in total. The molecule has 1 N–H and O–H groups in total. The predicted octanol–water partition coefficient (Wildman–Crippen LogP) is 3.29. The molecule has 0 aliphatic carbocycles. The van der Waals surface area contributed by atoms with Gasteiger partial charge in [-0.05, 0) is 54.3 Å². The van der Waals surface area contributed by atoms with Gasteiger partial charge in [0.05, 0.1) is 5.60 Å². The monoisotopic (exact) mass is 317 g/mol. The highest BCUT2D eigenvalue weighted by molar-refractivity contribution is 9.10. The fourth-order valence-corrected chi connectivity index (χ4v) is 4.09. The van der Waals surface area contributed by atoms with Gasteiger partial charge in [-0.2, -0.15) is 0 Å². The maximum Gasteiger partial charge on any atom is 0.0708 e. The molecule has 0 amide bonds. The van der Waals surface area contributed by atoms with Crippen molar-refractivity contribution in [2.24, 2.45) is 0 Å². The standard InChI is InChI=1S/C13H20BrNOS/c1-2-15-6-3-4-13(16,5-7-15)9-12-8-11(14)10-17-12/h8,10,16H,2-7,9H2,1H3. The molecule has 0 aromatic carbocycles. The van der Waals surface area contributed by atoms with Crippen LogP contribution in [-0.2, 0) is 6.42 Å². The van der Waals surface area contributed by atoms with Crippen molar-refractivity contribution >= 4 is 27.3 Å². The van der Waals surface area contributed by atoms with Gasteiger partial charge < -0.3 is 10.0 Å². The molecular weight excluding hydrogens is 298 g/mol. The van der Waals surface area contributed by atoms with Crippen molar-refractivity contribution in [1.82, 2.24) is 4.90 Å². The predicted molar refractivity (Wildman–Crippen MR) is 76.6 cm³/mol. The zero-order valence-corrected chi connectivity index (χ0v) is 12.7. The Balaban J connectivity index is 1.98. The van der Waals surface area contributed by atoms with Gasteiger partial charge in [0.25, 0.3) is 0 Å². The van der Waals surface area contributed by atoms with Gasteiger partial charge in [-0.1, -0.05) is 6.92 Å². The number of halogens is 1. The first-order valence-corrected chi connectivity index (χ1v) is 7.96. The van der Waals surface area contributed by atoms with Crippen molar-refractivity contribution in [3.8, 4) is 0 Å². The molecule has 1 fully saturated rings. The fraction of sp³-hybridized carbons (Fsp3) is 0.692. The lowest BCUT2D eigenvalue weighted by Crippen LogP contribution is -2.33. The molecular formula is C13H20BrNOS. The molecule has 1 aliphatic rings. The van der Waals surface area contributed by atoms with E-state index in [1.807, 2.05) is 0 Å². The molecule has 0 spiro atoms. The summed E-state index contributed by atoms with van der Waals surface area (Å²) in [7, 11) is 0. The highest BCUT2D eigenvalue weighted by Gasteiger charge is 2.30. The number of rotatable bonds is 3. The molecule has 1 unspecified atom stereocenters. The lowest BCUT2D eigenvalue weighted by Gasteiger charge is -2.26. The zero-order valence-electron chi connectivity index (χ0n) is 10.3. The Morgan fingerprint density at radius 3 is 2.94 bits per heavy atom. The molecule has 96 valence electrons. The minimum atomic E-state index is -0.492. The molecule has 0 bridgehead atoms. The van der Waals surface area contributed by atoms with Crippen LogP contribution in [-0.4, -0.2) is 35.2 Å². The van der Waals surface area contributed by atoms with Crippen LogP contribution in [0.25, 0.3) is 0 Å². The van der Waals surface area contributed by atoms with E-state index in [-0.39, 0.29) is 0 Å². The third kappa shape index (κ3) is 3.78. The SMILES string of the molecule is CCN1CCCC(O)(Cc2cc(Br)cs2)CC1. The van der Waals surface area contributed by atoms with Crippen LogP contribution in [0.1, 0.15) is 31.1 Å². The van der Waals surface area contributed by atoms with E-state index in [0.29, 0.717) is 0 Å². The highest BCUT2D eigenvalue weighted by atomic mass is 79.9. The van der Waals surface area contributed by atoms with Crippen LogP contribution in [0.2, 0.25) is 0 Å². The molecule has 0 radical (unpaired) electrons. The Labute approximate surface area is 116 Å². The third-order valence-electron chi connectivity index (χ3n) is 3.58. The number of hydrogen-bond donors (Lipinski definition) is 1. The smallest absolute Gasteiger partial charge is 0.0708 e. The quantitative estimate of drug-likeness (QED) is 0.924. The lowest BCUT2D eigenvalue weighted by atomic mass is 9.90. The molecule has 1 aromatic heterocycles. The van der Waals surface area contributed by atoms with Crippen LogP contribution in [0.4, 0.5) is 0 Å². The zero-order chi connectivity index (χ0) is 12.3. The van der Waals surface area contributed by atoms with E-state index >= 15 is 0 Å². The fourth-order valence-electron chi connectivity index (χ4n) is 2.50. The van der Waals surface area contributed by atoms with Gasteiger partial charge in [0.15, 0.2) is 0 Å². The van der Waals surface area contributed by atoms with Crippen molar-refractivity contribution in [1.29, 1.82) is 0 Å². The van der Waals surface area contributed by atoms with E-state index in [0.717, 1.165) is 49.8 Å². The van der Waals surface area contributed by atoms with Gasteiger partial charge in [-0.15, -0.1) is 11.3 Å². The van der Waals surface area contributed by atoms with Crippen molar-refractivity contribution in [3.05, 3.63) is 20.8 Å². The van der Waals surface area contributed by atoms with E-state index in [9.17, 15) is 5.11 Å². The summed E-state index contributed by atoms with van der Waals surface area (Å²) < 4.78 is 1.13. The molecule has 17 heavy (non-hydrogen) atoms.